The fourth-order valence-corrected chi connectivity index (χ4v) is 2.90. The largest absolute Gasteiger partial charge is 0.504 e. The van der Waals surface area contributed by atoms with E-state index in [9.17, 15) is 9.90 Å². The van der Waals surface area contributed by atoms with E-state index in [0.717, 1.165) is 10.9 Å². The van der Waals surface area contributed by atoms with Gasteiger partial charge in [0.05, 0.1) is 12.8 Å². The molecule has 6 nitrogen and oxygen atoms in total. The molecular formula is C21H25BrN2O4. The number of carbonyl (C=O) groups is 1. The molecule has 7 heteroatoms. The molecule has 0 fully saturated rings. The SMILES string of the molecule is CCOc1cc(Br)cc(/C=N/NC(=O)COc2ccc([C@H](C)CC)cc2)c1O. The molecule has 0 aliphatic heterocycles. The molecule has 0 aromatic heterocycles. The minimum atomic E-state index is -0.401. The number of rotatable bonds is 9. The smallest absolute Gasteiger partial charge is 0.277 e. The first-order valence-corrected chi connectivity index (χ1v) is 9.93. The van der Waals surface area contributed by atoms with Crippen LogP contribution in [0.25, 0.3) is 0 Å². The molecule has 2 aromatic rings. The van der Waals surface area contributed by atoms with Gasteiger partial charge >= 0.3 is 0 Å². The second kappa shape index (κ2) is 10.7. The molecule has 0 unspecified atom stereocenters. The molecule has 1 atom stereocenters. The third-order valence-electron chi connectivity index (χ3n) is 4.19. The Kier molecular flexibility index (Phi) is 8.32. The van der Waals surface area contributed by atoms with Crippen molar-refractivity contribution in [3.05, 3.63) is 52.0 Å². The first kappa shape index (κ1) is 21.8. The van der Waals surface area contributed by atoms with E-state index in [1.165, 1.54) is 11.8 Å². The van der Waals surface area contributed by atoms with Crippen LogP contribution in [0.3, 0.4) is 0 Å². The van der Waals surface area contributed by atoms with Gasteiger partial charge in [0.1, 0.15) is 5.75 Å². The molecule has 2 rings (SSSR count). The number of hydrogen-bond donors (Lipinski definition) is 2. The number of hydrazone groups is 1. The maximum absolute atomic E-state index is 11.9. The number of carbonyl (C=O) groups excluding carboxylic acids is 1. The van der Waals surface area contributed by atoms with Crippen molar-refractivity contribution in [1.82, 2.24) is 5.43 Å². The Labute approximate surface area is 173 Å². The van der Waals surface area contributed by atoms with Crippen molar-refractivity contribution < 1.29 is 19.4 Å². The summed E-state index contributed by atoms with van der Waals surface area (Å²) in [5.74, 6) is 1.01. The Morgan fingerprint density at radius 2 is 1.96 bits per heavy atom. The van der Waals surface area contributed by atoms with Crippen molar-refractivity contribution >= 4 is 28.1 Å². The second-order valence-corrected chi connectivity index (χ2v) is 7.15. The molecule has 0 aliphatic rings. The van der Waals surface area contributed by atoms with Crippen molar-refractivity contribution in [3.63, 3.8) is 0 Å². The molecule has 0 radical (unpaired) electrons. The fraction of sp³-hybridized carbons (Fsp3) is 0.333. The van der Waals surface area contributed by atoms with Gasteiger partial charge in [-0.25, -0.2) is 5.43 Å². The van der Waals surface area contributed by atoms with Crippen LogP contribution in [0.1, 0.15) is 44.2 Å². The monoisotopic (exact) mass is 448 g/mol. The van der Waals surface area contributed by atoms with Crippen LogP contribution in [0, 0.1) is 0 Å². The van der Waals surface area contributed by atoms with Gasteiger partial charge in [-0.15, -0.1) is 0 Å². The molecule has 0 saturated heterocycles. The minimum Gasteiger partial charge on any atom is -0.504 e. The van der Waals surface area contributed by atoms with Gasteiger partial charge in [-0.05, 0) is 49.1 Å². The van der Waals surface area contributed by atoms with Crippen LogP contribution in [0.15, 0.2) is 46.0 Å². The number of amides is 1. The number of benzene rings is 2. The lowest BCUT2D eigenvalue weighted by atomic mass is 9.99. The number of phenols is 1. The van der Waals surface area contributed by atoms with E-state index in [-0.39, 0.29) is 12.4 Å². The van der Waals surface area contributed by atoms with Crippen LogP contribution in [0.5, 0.6) is 17.2 Å². The van der Waals surface area contributed by atoms with E-state index in [1.807, 2.05) is 31.2 Å². The molecule has 150 valence electrons. The standard InChI is InChI=1S/C21H25BrN2O4/c1-4-14(3)15-6-8-18(9-7-15)28-13-20(25)24-23-12-16-10-17(22)11-19(21(16)26)27-5-2/h6-12,14,26H,4-5,13H2,1-3H3,(H,24,25)/b23-12+/t14-/m1/s1. The molecule has 28 heavy (non-hydrogen) atoms. The number of aromatic hydroxyl groups is 1. The summed E-state index contributed by atoms with van der Waals surface area (Å²) in [4.78, 5) is 11.9. The van der Waals surface area contributed by atoms with Gasteiger partial charge in [0, 0.05) is 10.0 Å². The van der Waals surface area contributed by atoms with Crippen LogP contribution < -0.4 is 14.9 Å². The third kappa shape index (κ3) is 6.27. The molecule has 0 spiro atoms. The minimum absolute atomic E-state index is 0.0410. The van der Waals surface area contributed by atoms with Gasteiger partial charge < -0.3 is 14.6 Å². The average Bonchev–Trinajstić information content (AvgIpc) is 2.69. The van der Waals surface area contributed by atoms with Gasteiger partial charge in [0.25, 0.3) is 5.91 Å². The van der Waals surface area contributed by atoms with Gasteiger partial charge in [0.15, 0.2) is 18.1 Å². The third-order valence-corrected chi connectivity index (χ3v) is 4.65. The number of nitrogens with one attached hydrogen (secondary N) is 1. The highest BCUT2D eigenvalue weighted by Gasteiger charge is 2.09. The van der Waals surface area contributed by atoms with Crippen LogP contribution in [-0.4, -0.2) is 30.4 Å². The Hall–Kier alpha value is -2.54. The van der Waals surface area contributed by atoms with Crippen molar-refractivity contribution in [2.45, 2.75) is 33.1 Å². The highest BCUT2D eigenvalue weighted by molar-refractivity contribution is 9.10. The van der Waals surface area contributed by atoms with Crippen molar-refractivity contribution in [1.29, 1.82) is 0 Å². The highest BCUT2D eigenvalue weighted by atomic mass is 79.9. The van der Waals surface area contributed by atoms with E-state index in [0.29, 0.717) is 29.6 Å². The molecule has 2 N–H and O–H groups in total. The normalized spacial score (nSPS) is 12.0. The zero-order valence-corrected chi connectivity index (χ0v) is 17.8. The lowest BCUT2D eigenvalue weighted by Crippen LogP contribution is -2.24. The number of halogens is 1. The number of hydrogen-bond acceptors (Lipinski definition) is 5. The fourth-order valence-electron chi connectivity index (χ4n) is 2.44. The second-order valence-electron chi connectivity index (χ2n) is 6.23. The Bertz CT molecular complexity index is 822. The van der Waals surface area contributed by atoms with E-state index in [2.05, 4.69) is 40.3 Å². The van der Waals surface area contributed by atoms with E-state index in [1.54, 1.807) is 12.1 Å². The van der Waals surface area contributed by atoms with E-state index in [4.69, 9.17) is 9.47 Å². The topological polar surface area (TPSA) is 80.2 Å². The lowest BCUT2D eigenvalue weighted by molar-refractivity contribution is -0.123. The van der Waals surface area contributed by atoms with Crippen molar-refractivity contribution in [2.75, 3.05) is 13.2 Å². The molecule has 2 aromatic carbocycles. The number of ether oxygens (including phenoxy) is 2. The summed E-state index contributed by atoms with van der Waals surface area (Å²) in [6.45, 7) is 6.40. The summed E-state index contributed by atoms with van der Waals surface area (Å²) < 4.78 is 11.6. The predicted octanol–water partition coefficient (Wildman–Crippen LogP) is 4.60. The summed E-state index contributed by atoms with van der Waals surface area (Å²) in [7, 11) is 0. The van der Waals surface area contributed by atoms with Gasteiger partial charge in [-0.1, -0.05) is 41.9 Å². The Morgan fingerprint density at radius 3 is 2.61 bits per heavy atom. The summed E-state index contributed by atoms with van der Waals surface area (Å²) >= 11 is 3.35. The predicted molar refractivity (Wildman–Crippen MR) is 113 cm³/mol. The molecule has 0 saturated carbocycles. The average molecular weight is 449 g/mol. The number of nitrogens with zero attached hydrogens (tertiary/aromatic N) is 1. The van der Waals surface area contributed by atoms with Gasteiger partial charge in [-0.3, -0.25) is 4.79 Å². The van der Waals surface area contributed by atoms with E-state index < -0.39 is 5.91 Å². The van der Waals surface area contributed by atoms with Crippen LogP contribution in [-0.2, 0) is 4.79 Å². The molecule has 0 bridgehead atoms. The Balaban J connectivity index is 1.89. The highest BCUT2D eigenvalue weighted by Crippen LogP contribution is 2.32. The van der Waals surface area contributed by atoms with Crippen molar-refractivity contribution in [3.8, 4) is 17.2 Å². The van der Waals surface area contributed by atoms with Gasteiger partial charge in [0.2, 0.25) is 0 Å². The first-order valence-electron chi connectivity index (χ1n) is 9.14. The molecule has 0 aliphatic carbocycles. The molecular weight excluding hydrogens is 424 g/mol. The summed E-state index contributed by atoms with van der Waals surface area (Å²) in [6, 6.07) is 11.1. The molecule has 0 heterocycles. The van der Waals surface area contributed by atoms with E-state index >= 15 is 0 Å². The van der Waals surface area contributed by atoms with Crippen LogP contribution >= 0.6 is 15.9 Å². The van der Waals surface area contributed by atoms with Crippen molar-refractivity contribution in [2.24, 2.45) is 5.10 Å². The summed E-state index contributed by atoms with van der Waals surface area (Å²) in [5.41, 5.74) is 4.03. The number of phenolic OH excluding ortho intramolecular Hbond substituents is 1. The first-order chi connectivity index (χ1) is 13.4. The lowest BCUT2D eigenvalue weighted by Gasteiger charge is -2.10. The Morgan fingerprint density at radius 1 is 1.25 bits per heavy atom. The summed E-state index contributed by atoms with van der Waals surface area (Å²) in [6.07, 6.45) is 2.42. The zero-order chi connectivity index (χ0) is 20.5. The maximum atomic E-state index is 11.9. The van der Waals surface area contributed by atoms with Crippen LogP contribution in [0.4, 0.5) is 0 Å². The van der Waals surface area contributed by atoms with Crippen LogP contribution in [0.2, 0.25) is 0 Å². The quantitative estimate of drug-likeness (QED) is 0.433. The molecule has 1 amide bonds. The summed E-state index contributed by atoms with van der Waals surface area (Å²) in [5, 5.41) is 14.0. The van der Waals surface area contributed by atoms with Gasteiger partial charge in [-0.2, -0.15) is 5.10 Å². The maximum Gasteiger partial charge on any atom is 0.277 e. The zero-order valence-electron chi connectivity index (χ0n) is 16.2.